The van der Waals surface area contributed by atoms with E-state index in [1.165, 1.54) is 12.8 Å². The van der Waals surface area contributed by atoms with Crippen LogP contribution in [-0.4, -0.2) is 28.1 Å². The molecule has 0 atom stereocenters. The Hall–Kier alpha value is -1.20. The average molecular weight is 263 g/mol. The van der Waals surface area contributed by atoms with Gasteiger partial charge in [-0.25, -0.2) is 0 Å². The molecule has 0 radical (unpaired) electrons. The molecule has 3 heterocycles. The molecule has 1 saturated heterocycles. The average Bonchev–Trinajstić information content (AvgIpc) is 3.02. The molecule has 0 aromatic carbocycles. The van der Waals surface area contributed by atoms with Gasteiger partial charge in [0.15, 0.2) is 0 Å². The molecule has 2 aromatic rings. The van der Waals surface area contributed by atoms with Gasteiger partial charge in [0.1, 0.15) is 0 Å². The van der Waals surface area contributed by atoms with Crippen LogP contribution in [0.15, 0.2) is 21.3 Å². The first-order valence-electron chi connectivity index (χ1n) is 6.39. The number of aromatic nitrogens is 2. The van der Waals surface area contributed by atoms with E-state index in [4.69, 9.17) is 4.52 Å². The number of likely N-dealkylation sites (tertiary alicyclic amines) is 1. The fourth-order valence-corrected chi connectivity index (χ4v) is 2.87. The number of piperidine rings is 1. The lowest BCUT2D eigenvalue weighted by molar-refractivity contribution is 0.165. The van der Waals surface area contributed by atoms with E-state index in [-0.39, 0.29) is 0 Å². The van der Waals surface area contributed by atoms with Gasteiger partial charge < -0.3 is 4.52 Å². The third-order valence-electron chi connectivity index (χ3n) is 3.48. The van der Waals surface area contributed by atoms with Crippen LogP contribution in [0, 0.1) is 5.92 Å². The SMILES string of the molecule is CC1CCN(Cc2nc(-c3ccsc3)no2)CC1. The first-order valence-corrected chi connectivity index (χ1v) is 7.33. The Bertz CT molecular complexity index is 486. The van der Waals surface area contributed by atoms with Crippen molar-refractivity contribution in [1.82, 2.24) is 15.0 Å². The molecule has 2 aromatic heterocycles. The third kappa shape index (κ3) is 2.62. The van der Waals surface area contributed by atoms with Crippen LogP contribution in [0.1, 0.15) is 25.7 Å². The Balaban J connectivity index is 1.64. The molecule has 0 N–H and O–H groups in total. The maximum absolute atomic E-state index is 5.32. The van der Waals surface area contributed by atoms with Crippen LogP contribution in [0.3, 0.4) is 0 Å². The van der Waals surface area contributed by atoms with Crippen molar-refractivity contribution in [3.8, 4) is 11.4 Å². The van der Waals surface area contributed by atoms with Crippen LogP contribution in [0.4, 0.5) is 0 Å². The number of nitrogens with zero attached hydrogens (tertiary/aromatic N) is 3. The molecule has 4 nitrogen and oxygen atoms in total. The molecule has 1 aliphatic rings. The molecule has 18 heavy (non-hydrogen) atoms. The topological polar surface area (TPSA) is 42.2 Å². The van der Waals surface area contributed by atoms with Crippen molar-refractivity contribution in [1.29, 1.82) is 0 Å². The Morgan fingerprint density at radius 1 is 1.44 bits per heavy atom. The molecule has 3 rings (SSSR count). The maximum atomic E-state index is 5.32. The van der Waals surface area contributed by atoms with Gasteiger partial charge >= 0.3 is 0 Å². The molecule has 0 aliphatic carbocycles. The summed E-state index contributed by atoms with van der Waals surface area (Å²) in [4.78, 5) is 6.85. The molecular formula is C13H17N3OS. The summed E-state index contributed by atoms with van der Waals surface area (Å²) in [6, 6.07) is 2.02. The largest absolute Gasteiger partial charge is 0.338 e. The summed E-state index contributed by atoms with van der Waals surface area (Å²) in [6.07, 6.45) is 2.54. The maximum Gasteiger partial charge on any atom is 0.241 e. The minimum absolute atomic E-state index is 0.705. The highest BCUT2D eigenvalue weighted by molar-refractivity contribution is 7.08. The highest BCUT2D eigenvalue weighted by Gasteiger charge is 2.18. The predicted molar refractivity (Wildman–Crippen MR) is 71.3 cm³/mol. The van der Waals surface area contributed by atoms with Crippen molar-refractivity contribution in [2.75, 3.05) is 13.1 Å². The second-order valence-electron chi connectivity index (χ2n) is 4.98. The molecule has 5 heteroatoms. The van der Waals surface area contributed by atoms with Gasteiger partial charge in [-0.1, -0.05) is 12.1 Å². The molecule has 0 amide bonds. The normalized spacial score (nSPS) is 18.3. The molecule has 96 valence electrons. The minimum atomic E-state index is 0.705. The van der Waals surface area contributed by atoms with E-state index in [0.29, 0.717) is 5.82 Å². The van der Waals surface area contributed by atoms with Crippen LogP contribution in [0.5, 0.6) is 0 Å². The van der Waals surface area contributed by atoms with Gasteiger partial charge in [-0.15, -0.1) is 0 Å². The first-order chi connectivity index (χ1) is 8.81. The lowest BCUT2D eigenvalue weighted by Gasteiger charge is -2.28. The molecular weight excluding hydrogens is 246 g/mol. The van der Waals surface area contributed by atoms with Gasteiger partial charge in [0.2, 0.25) is 11.7 Å². The highest BCUT2D eigenvalue weighted by atomic mass is 32.1. The summed E-state index contributed by atoms with van der Waals surface area (Å²) in [6.45, 7) is 5.37. The standard InChI is InChI=1S/C13H17N3OS/c1-10-2-5-16(6-3-10)8-12-14-13(15-17-12)11-4-7-18-9-11/h4,7,9-10H,2-3,5-6,8H2,1H3. The summed E-state index contributed by atoms with van der Waals surface area (Å²) in [5.41, 5.74) is 1.04. The van der Waals surface area contributed by atoms with Gasteiger partial charge in [0.25, 0.3) is 0 Å². The van der Waals surface area contributed by atoms with E-state index < -0.39 is 0 Å². The molecule has 0 bridgehead atoms. The van der Waals surface area contributed by atoms with Crippen molar-refractivity contribution < 1.29 is 4.52 Å². The molecule has 1 fully saturated rings. The lowest BCUT2D eigenvalue weighted by atomic mass is 9.99. The van der Waals surface area contributed by atoms with E-state index in [9.17, 15) is 0 Å². The van der Waals surface area contributed by atoms with Crippen molar-refractivity contribution >= 4 is 11.3 Å². The van der Waals surface area contributed by atoms with Gasteiger partial charge in [0.05, 0.1) is 6.54 Å². The Morgan fingerprint density at radius 2 is 2.28 bits per heavy atom. The van der Waals surface area contributed by atoms with Crippen molar-refractivity contribution in [2.45, 2.75) is 26.3 Å². The van der Waals surface area contributed by atoms with Crippen LogP contribution in [0.25, 0.3) is 11.4 Å². The third-order valence-corrected chi connectivity index (χ3v) is 4.17. The van der Waals surface area contributed by atoms with E-state index in [1.54, 1.807) is 11.3 Å². The minimum Gasteiger partial charge on any atom is -0.338 e. The van der Waals surface area contributed by atoms with Crippen molar-refractivity contribution in [3.05, 3.63) is 22.7 Å². The van der Waals surface area contributed by atoms with Gasteiger partial charge in [0, 0.05) is 10.9 Å². The van der Waals surface area contributed by atoms with Gasteiger partial charge in [-0.05, 0) is 43.3 Å². The first kappa shape index (κ1) is 11.9. The number of hydrogen-bond donors (Lipinski definition) is 0. The lowest BCUT2D eigenvalue weighted by Crippen LogP contribution is -2.32. The monoisotopic (exact) mass is 263 g/mol. The fourth-order valence-electron chi connectivity index (χ4n) is 2.24. The van der Waals surface area contributed by atoms with E-state index in [1.807, 2.05) is 16.8 Å². The predicted octanol–water partition coefficient (Wildman–Crippen LogP) is 3.03. The van der Waals surface area contributed by atoms with E-state index in [0.717, 1.165) is 37.0 Å². The smallest absolute Gasteiger partial charge is 0.241 e. The number of hydrogen-bond acceptors (Lipinski definition) is 5. The zero-order valence-corrected chi connectivity index (χ0v) is 11.3. The van der Waals surface area contributed by atoms with Gasteiger partial charge in [-0.2, -0.15) is 16.3 Å². The Labute approximate surface area is 111 Å². The molecule has 1 aliphatic heterocycles. The zero-order chi connectivity index (χ0) is 12.4. The Kier molecular flexibility index (Phi) is 3.43. The fraction of sp³-hybridized carbons (Fsp3) is 0.538. The second kappa shape index (κ2) is 5.20. The van der Waals surface area contributed by atoms with Crippen LogP contribution in [-0.2, 0) is 6.54 Å². The zero-order valence-electron chi connectivity index (χ0n) is 10.5. The molecule has 0 unspecified atom stereocenters. The van der Waals surface area contributed by atoms with Crippen molar-refractivity contribution in [2.24, 2.45) is 5.92 Å². The Morgan fingerprint density at radius 3 is 3.00 bits per heavy atom. The highest BCUT2D eigenvalue weighted by Crippen LogP contribution is 2.21. The summed E-state index contributed by atoms with van der Waals surface area (Å²) >= 11 is 1.65. The second-order valence-corrected chi connectivity index (χ2v) is 5.76. The van der Waals surface area contributed by atoms with Crippen LogP contribution >= 0.6 is 11.3 Å². The summed E-state index contributed by atoms with van der Waals surface area (Å²) in [5.74, 6) is 2.28. The number of rotatable bonds is 3. The van der Waals surface area contributed by atoms with Gasteiger partial charge in [-0.3, -0.25) is 4.90 Å². The van der Waals surface area contributed by atoms with Crippen LogP contribution < -0.4 is 0 Å². The molecule has 0 saturated carbocycles. The summed E-state index contributed by atoms with van der Waals surface area (Å²) < 4.78 is 5.32. The summed E-state index contributed by atoms with van der Waals surface area (Å²) in [5, 5.41) is 8.10. The molecule has 0 spiro atoms. The summed E-state index contributed by atoms with van der Waals surface area (Å²) in [7, 11) is 0. The number of thiophene rings is 1. The van der Waals surface area contributed by atoms with E-state index >= 15 is 0 Å². The van der Waals surface area contributed by atoms with E-state index in [2.05, 4.69) is 22.0 Å². The van der Waals surface area contributed by atoms with Crippen LogP contribution in [0.2, 0.25) is 0 Å². The van der Waals surface area contributed by atoms with Crippen molar-refractivity contribution in [3.63, 3.8) is 0 Å². The quantitative estimate of drug-likeness (QED) is 0.853.